The maximum atomic E-state index is 11.1. The van der Waals surface area contributed by atoms with Gasteiger partial charge < -0.3 is 9.67 Å². The Bertz CT molecular complexity index is 983. The minimum atomic E-state index is -0.797. The molecule has 5 heteroatoms. The van der Waals surface area contributed by atoms with E-state index in [4.69, 9.17) is 10.1 Å². The van der Waals surface area contributed by atoms with E-state index < -0.39 is 5.97 Å². The summed E-state index contributed by atoms with van der Waals surface area (Å²) in [5, 5.41) is 9.14. The van der Waals surface area contributed by atoms with Gasteiger partial charge in [-0.15, -0.1) is 0 Å². The zero-order valence-electron chi connectivity index (χ0n) is 17.2. The van der Waals surface area contributed by atoms with Crippen LogP contribution in [0.5, 0.6) is 0 Å². The van der Waals surface area contributed by atoms with E-state index in [9.17, 15) is 4.79 Å². The zero-order chi connectivity index (χ0) is 20.4. The minimum absolute atomic E-state index is 0.0801. The molecule has 1 fully saturated rings. The number of hydrogen-bond acceptors (Lipinski definition) is 3. The first-order valence-corrected chi connectivity index (χ1v) is 10.5. The number of aryl methyl sites for hydroxylation is 1. The highest BCUT2D eigenvalue weighted by Gasteiger charge is 2.21. The number of nitrogens with zero attached hydrogens (tertiary/aromatic N) is 3. The van der Waals surface area contributed by atoms with Crippen LogP contribution in [-0.4, -0.2) is 38.6 Å². The number of carboxylic acids is 1. The van der Waals surface area contributed by atoms with Gasteiger partial charge in [0.2, 0.25) is 0 Å². The van der Waals surface area contributed by atoms with Crippen molar-refractivity contribution in [3.8, 4) is 11.4 Å². The first kappa shape index (κ1) is 19.6. The summed E-state index contributed by atoms with van der Waals surface area (Å²) in [6.07, 6.45) is 1.40. The fourth-order valence-electron chi connectivity index (χ4n) is 4.67. The molecule has 29 heavy (non-hydrogen) atoms. The van der Waals surface area contributed by atoms with E-state index >= 15 is 0 Å². The third kappa shape index (κ3) is 4.51. The molecule has 0 bridgehead atoms. The van der Waals surface area contributed by atoms with Crippen molar-refractivity contribution in [1.82, 2.24) is 14.5 Å². The minimum Gasteiger partial charge on any atom is -0.481 e. The molecule has 1 aromatic heterocycles. The van der Waals surface area contributed by atoms with E-state index in [2.05, 4.69) is 43.0 Å². The summed E-state index contributed by atoms with van der Waals surface area (Å²) in [6.45, 7) is 8.40. The van der Waals surface area contributed by atoms with Gasteiger partial charge in [-0.3, -0.25) is 9.69 Å². The first-order valence-electron chi connectivity index (χ1n) is 10.5. The topological polar surface area (TPSA) is 58.4 Å². The number of fused-ring (bicyclic) bond motifs is 1. The van der Waals surface area contributed by atoms with Gasteiger partial charge in [0.15, 0.2) is 0 Å². The SMILES string of the molecule is CC1CC(C)CN(Cc2ccc(-c3nc4ccccc4n3CCC(=O)O)cc2)C1. The quantitative estimate of drug-likeness (QED) is 0.664. The average Bonchev–Trinajstić information content (AvgIpc) is 3.05. The van der Waals surface area contributed by atoms with Crippen molar-refractivity contribution < 1.29 is 9.90 Å². The molecule has 1 aliphatic rings. The Morgan fingerprint density at radius 3 is 2.45 bits per heavy atom. The third-order valence-corrected chi connectivity index (χ3v) is 5.77. The van der Waals surface area contributed by atoms with Crippen LogP contribution in [0.2, 0.25) is 0 Å². The predicted octanol–water partition coefficient (Wildman–Crippen LogP) is 4.66. The Morgan fingerprint density at radius 2 is 1.76 bits per heavy atom. The molecule has 3 aromatic rings. The van der Waals surface area contributed by atoms with Gasteiger partial charge in [-0.2, -0.15) is 0 Å². The predicted molar refractivity (Wildman–Crippen MR) is 116 cm³/mol. The summed E-state index contributed by atoms with van der Waals surface area (Å²) in [4.78, 5) is 18.5. The molecule has 2 heterocycles. The lowest BCUT2D eigenvalue weighted by atomic mass is 9.91. The van der Waals surface area contributed by atoms with E-state index in [0.29, 0.717) is 6.54 Å². The van der Waals surface area contributed by atoms with E-state index in [1.165, 1.54) is 12.0 Å². The van der Waals surface area contributed by atoms with Crippen LogP contribution in [0.1, 0.15) is 32.3 Å². The summed E-state index contributed by atoms with van der Waals surface area (Å²) >= 11 is 0. The molecule has 1 N–H and O–H groups in total. The number of rotatable bonds is 6. The van der Waals surface area contributed by atoms with Crippen molar-refractivity contribution in [1.29, 1.82) is 0 Å². The Labute approximate surface area is 172 Å². The second kappa shape index (κ2) is 8.37. The molecule has 0 amide bonds. The smallest absolute Gasteiger partial charge is 0.305 e. The van der Waals surface area contributed by atoms with Crippen LogP contribution in [0.4, 0.5) is 0 Å². The fraction of sp³-hybridized carbons (Fsp3) is 0.417. The molecule has 2 atom stereocenters. The van der Waals surface area contributed by atoms with Crippen molar-refractivity contribution in [2.24, 2.45) is 11.8 Å². The largest absolute Gasteiger partial charge is 0.481 e. The molecular formula is C24H29N3O2. The lowest BCUT2D eigenvalue weighted by Crippen LogP contribution is -2.38. The van der Waals surface area contributed by atoms with E-state index in [-0.39, 0.29) is 6.42 Å². The highest BCUT2D eigenvalue weighted by molar-refractivity contribution is 5.81. The highest BCUT2D eigenvalue weighted by Crippen LogP contribution is 2.27. The molecule has 1 saturated heterocycles. The number of aliphatic carboxylic acids is 1. The van der Waals surface area contributed by atoms with Gasteiger partial charge in [0.25, 0.3) is 0 Å². The normalized spacial score (nSPS) is 20.2. The fourth-order valence-corrected chi connectivity index (χ4v) is 4.67. The third-order valence-electron chi connectivity index (χ3n) is 5.77. The van der Waals surface area contributed by atoms with E-state index in [0.717, 1.165) is 53.9 Å². The van der Waals surface area contributed by atoms with Crippen LogP contribution in [-0.2, 0) is 17.9 Å². The lowest BCUT2D eigenvalue weighted by Gasteiger charge is -2.35. The van der Waals surface area contributed by atoms with Crippen LogP contribution in [0.25, 0.3) is 22.4 Å². The zero-order valence-corrected chi connectivity index (χ0v) is 17.2. The van der Waals surface area contributed by atoms with Crippen molar-refractivity contribution in [2.75, 3.05) is 13.1 Å². The first-order chi connectivity index (χ1) is 14.0. The molecule has 4 rings (SSSR count). The summed E-state index contributed by atoms with van der Waals surface area (Å²) in [5.74, 6) is 1.55. The van der Waals surface area contributed by atoms with Crippen molar-refractivity contribution in [3.05, 3.63) is 54.1 Å². The molecule has 0 aliphatic carbocycles. The standard InChI is InChI=1S/C24H29N3O2/c1-17-13-18(2)15-26(14-17)16-19-7-9-20(10-8-19)24-25-21-5-3-4-6-22(21)27(24)12-11-23(28)29/h3-10,17-18H,11-16H2,1-2H3,(H,28,29). The number of carboxylic acid groups (broad SMARTS) is 1. The van der Waals surface area contributed by atoms with Crippen molar-refractivity contribution in [2.45, 2.75) is 39.8 Å². The summed E-state index contributed by atoms with van der Waals surface area (Å²) in [5.41, 5.74) is 4.20. The van der Waals surface area contributed by atoms with Crippen molar-refractivity contribution in [3.63, 3.8) is 0 Å². The van der Waals surface area contributed by atoms with Crippen LogP contribution < -0.4 is 0 Å². The number of para-hydroxylation sites is 2. The second-order valence-corrected chi connectivity index (χ2v) is 8.56. The number of benzene rings is 2. The van der Waals surface area contributed by atoms with Gasteiger partial charge in [-0.05, 0) is 36.0 Å². The summed E-state index contributed by atoms with van der Waals surface area (Å²) < 4.78 is 2.02. The van der Waals surface area contributed by atoms with E-state index in [1.54, 1.807) is 0 Å². The van der Waals surface area contributed by atoms with Crippen LogP contribution in [0.15, 0.2) is 48.5 Å². The van der Waals surface area contributed by atoms with Crippen molar-refractivity contribution >= 4 is 17.0 Å². The van der Waals surface area contributed by atoms with Gasteiger partial charge in [0, 0.05) is 31.7 Å². The number of hydrogen-bond donors (Lipinski definition) is 1. The van der Waals surface area contributed by atoms with Gasteiger partial charge >= 0.3 is 5.97 Å². The second-order valence-electron chi connectivity index (χ2n) is 8.56. The molecule has 5 nitrogen and oxygen atoms in total. The molecule has 2 unspecified atom stereocenters. The molecule has 152 valence electrons. The summed E-state index contributed by atoms with van der Waals surface area (Å²) in [6, 6.07) is 16.5. The Kier molecular flexibility index (Phi) is 5.67. The lowest BCUT2D eigenvalue weighted by molar-refractivity contribution is -0.137. The Balaban J connectivity index is 1.58. The maximum absolute atomic E-state index is 11.1. The Hall–Kier alpha value is -2.66. The molecule has 2 aromatic carbocycles. The van der Waals surface area contributed by atoms with Crippen LogP contribution in [0, 0.1) is 11.8 Å². The Morgan fingerprint density at radius 1 is 1.07 bits per heavy atom. The van der Waals surface area contributed by atoms with Crippen LogP contribution in [0.3, 0.4) is 0 Å². The molecule has 0 spiro atoms. The average molecular weight is 392 g/mol. The van der Waals surface area contributed by atoms with Crippen LogP contribution >= 0.6 is 0 Å². The van der Waals surface area contributed by atoms with E-state index in [1.807, 2.05) is 28.8 Å². The van der Waals surface area contributed by atoms with Gasteiger partial charge in [0.1, 0.15) is 5.82 Å². The number of aromatic nitrogens is 2. The molecule has 1 aliphatic heterocycles. The number of imidazole rings is 1. The van der Waals surface area contributed by atoms with Gasteiger partial charge in [-0.25, -0.2) is 4.98 Å². The summed E-state index contributed by atoms with van der Waals surface area (Å²) in [7, 11) is 0. The van der Waals surface area contributed by atoms with Gasteiger partial charge in [-0.1, -0.05) is 50.2 Å². The number of piperidine rings is 1. The molecule has 0 radical (unpaired) electrons. The maximum Gasteiger partial charge on any atom is 0.305 e. The molecule has 0 saturated carbocycles. The van der Waals surface area contributed by atoms with Gasteiger partial charge in [0.05, 0.1) is 17.5 Å². The monoisotopic (exact) mass is 391 g/mol. The number of carbonyl (C=O) groups is 1. The highest BCUT2D eigenvalue weighted by atomic mass is 16.4. The molecular weight excluding hydrogens is 362 g/mol. The number of likely N-dealkylation sites (tertiary alicyclic amines) is 1.